The van der Waals surface area contributed by atoms with E-state index in [9.17, 15) is 0 Å². The summed E-state index contributed by atoms with van der Waals surface area (Å²) in [4.78, 5) is 3.32. The molecular formula is C15H20N2O. The summed E-state index contributed by atoms with van der Waals surface area (Å²) in [5.41, 5.74) is 2.64. The molecular weight excluding hydrogens is 224 g/mol. The maximum atomic E-state index is 5.37. The van der Waals surface area contributed by atoms with Crippen LogP contribution in [0.3, 0.4) is 0 Å². The Kier molecular flexibility index (Phi) is 3.62. The lowest BCUT2D eigenvalue weighted by Gasteiger charge is -2.08. The van der Waals surface area contributed by atoms with Gasteiger partial charge in [-0.15, -0.1) is 0 Å². The number of fused-ring (bicyclic) bond motifs is 1. The minimum Gasteiger partial charge on any atom is -0.381 e. The number of H-pyrrole nitrogens is 1. The minimum absolute atomic E-state index is 0.716. The third kappa shape index (κ3) is 2.57. The van der Waals surface area contributed by atoms with Gasteiger partial charge >= 0.3 is 0 Å². The van der Waals surface area contributed by atoms with Crippen LogP contribution in [-0.4, -0.2) is 31.3 Å². The fourth-order valence-corrected chi connectivity index (χ4v) is 2.61. The second-order valence-electron chi connectivity index (χ2n) is 5.04. The van der Waals surface area contributed by atoms with Gasteiger partial charge in [0.25, 0.3) is 0 Å². The molecule has 1 aromatic heterocycles. The number of para-hydroxylation sites is 1. The quantitative estimate of drug-likeness (QED) is 0.792. The Morgan fingerprint density at radius 1 is 1.33 bits per heavy atom. The maximum absolute atomic E-state index is 5.37. The van der Waals surface area contributed by atoms with Crippen LogP contribution in [0.2, 0.25) is 0 Å². The van der Waals surface area contributed by atoms with E-state index in [1.807, 2.05) is 0 Å². The summed E-state index contributed by atoms with van der Waals surface area (Å²) < 4.78 is 5.37. The van der Waals surface area contributed by atoms with Crippen molar-refractivity contribution in [1.82, 2.24) is 10.3 Å². The van der Waals surface area contributed by atoms with Crippen molar-refractivity contribution in [2.75, 3.05) is 26.3 Å². The molecule has 2 heterocycles. The molecule has 0 bridgehead atoms. The van der Waals surface area contributed by atoms with Crippen molar-refractivity contribution in [3.63, 3.8) is 0 Å². The van der Waals surface area contributed by atoms with Crippen molar-refractivity contribution in [3.8, 4) is 0 Å². The van der Waals surface area contributed by atoms with Crippen molar-refractivity contribution in [1.29, 1.82) is 0 Å². The average molecular weight is 244 g/mol. The van der Waals surface area contributed by atoms with Crippen LogP contribution in [0.15, 0.2) is 30.5 Å². The average Bonchev–Trinajstić information content (AvgIpc) is 3.04. The molecule has 2 N–H and O–H groups in total. The Bertz CT molecular complexity index is 500. The van der Waals surface area contributed by atoms with Gasteiger partial charge in [0.15, 0.2) is 0 Å². The van der Waals surface area contributed by atoms with Gasteiger partial charge in [-0.1, -0.05) is 18.2 Å². The topological polar surface area (TPSA) is 37.0 Å². The molecule has 0 radical (unpaired) electrons. The van der Waals surface area contributed by atoms with Crippen LogP contribution < -0.4 is 5.32 Å². The zero-order valence-electron chi connectivity index (χ0n) is 10.6. The van der Waals surface area contributed by atoms with Crippen molar-refractivity contribution in [3.05, 3.63) is 36.0 Å². The van der Waals surface area contributed by atoms with Crippen molar-refractivity contribution in [2.45, 2.75) is 12.8 Å². The van der Waals surface area contributed by atoms with E-state index < -0.39 is 0 Å². The molecule has 1 saturated heterocycles. The number of rotatable bonds is 5. The van der Waals surface area contributed by atoms with E-state index in [-0.39, 0.29) is 0 Å². The Balaban J connectivity index is 1.50. The number of ether oxygens (including phenoxy) is 1. The number of hydrogen-bond acceptors (Lipinski definition) is 2. The predicted octanol–water partition coefficient (Wildman–Crippen LogP) is 2.34. The zero-order chi connectivity index (χ0) is 12.2. The minimum atomic E-state index is 0.716. The largest absolute Gasteiger partial charge is 0.381 e. The molecule has 2 aromatic rings. The lowest BCUT2D eigenvalue weighted by molar-refractivity contribution is 0.185. The van der Waals surface area contributed by atoms with E-state index in [1.54, 1.807) is 0 Å². The normalized spacial score (nSPS) is 19.7. The second-order valence-corrected chi connectivity index (χ2v) is 5.04. The van der Waals surface area contributed by atoms with Crippen LogP contribution in [-0.2, 0) is 11.2 Å². The highest BCUT2D eigenvalue weighted by Crippen LogP contribution is 2.17. The molecule has 0 spiro atoms. The SMILES string of the molecule is c1ccc2c(CCNCC3CCOC3)c[nH]c2c1. The molecule has 1 aromatic carbocycles. The van der Waals surface area contributed by atoms with E-state index in [4.69, 9.17) is 4.74 Å². The third-order valence-electron chi connectivity index (χ3n) is 3.70. The summed E-state index contributed by atoms with van der Waals surface area (Å²) in [6, 6.07) is 8.48. The molecule has 1 aliphatic heterocycles. The summed E-state index contributed by atoms with van der Waals surface area (Å²) in [6.07, 6.45) is 4.42. The van der Waals surface area contributed by atoms with E-state index in [0.717, 1.165) is 32.7 Å². The van der Waals surface area contributed by atoms with Crippen molar-refractivity contribution >= 4 is 10.9 Å². The summed E-state index contributed by atoms with van der Waals surface area (Å²) >= 11 is 0. The number of hydrogen-bond donors (Lipinski definition) is 2. The highest BCUT2D eigenvalue weighted by Gasteiger charge is 2.14. The highest BCUT2D eigenvalue weighted by molar-refractivity contribution is 5.83. The standard InChI is InChI=1S/C15H20N2O/c1-2-4-15-14(3-1)13(10-17-15)5-7-16-9-12-6-8-18-11-12/h1-4,10,12,16-17H,5-9,11H2. The summed E-state index contributed by atoms with van der Waals surface area (Å²) in [5, 5.41) is 4.89. The molecule has 3 nitrogen and oxygen atoms in total. The van der Waals surface area contributed by atoms with Crippen molar-refractivity contribution < 1.29 is 4.74 Å². The fraction of sp³-hybridized carbons (Fsp3) is 0.467. The van der Waals surface area contributed by atoms with E-state index in [1.165, 1.54) is 22.9 Å². The smallest absolute Gasteiger partial charge is 0.0507 e. The fourth-order valence-electron chi connectivity index (χ4n) is 2.61. The van der Waals surface area contributed by atoms with Gasteiger partial charge < -0.3 is 15.0 Å². The van der Waals surface area contributed by atoms with Gasteiger partial charge in [0.2, 0.25) is 0 Å². The van der Waals surface area contributed by atoms with Gasteiger partial charge in [0.1, 0.15) is 0 Å². The maximum Gasteiger partial charge on any atom is 0.0507 e. The molecule has 18 heavy (non-hydrogen) atoms. The monoisotopic (exact) mass is 244 g/mol. The number of aromatic amines is 1. The van der Waals surface area contributed by atoms with E-state index >= 15 is 0 Å². The molecule has 96 valence electrons. The predicted molar refractivity (Wildman–Crippen MR) is 73.8 cm³/mol. The summed E-state index contributed by atoms with van der Waals surface area (Å²) in [6.45, 7) is 4.00. The lowest BCUT2D eigenvalue weighted by atomic mass is 10.1. The van der Waals surface area contributed by atoms with Gasteiger partial charge in [-0.2, -0.15) is 0 Å². The van der Waals surface area contributed by atoms with Gasteiger partial charge in [-0.05, 0) is 36.9 Å². The van der Waals surface area contributed by atoms with Crippen LogP contribution in [0.4, 0.5) is 0 Å². The van der Waals surface area contributed by atoms with Crippen LogP contribution in [0.25, 0.3) is 10.9 Å². The molecule has 3 rings (SSSR count). The first kappa shape index (κ1) is 11.8. The first-order valence-electron chi connectivity index (χ1n) is 6.77. The number of benzene rings is 1. The van der Waals surface area contributed by atoms with Crippen LogP contribution in [0, 0.1) is 5.92 Å². The molecule has 0 saturated carbocycles. The first-order valence-corrected chi connectivity index (χ1v) is 6.77. The second kappa shape index (κ2) is 5.55. The molecule has 3 heteroatoms. The van der Waals surface area contributed by atoms with Crippen LogP contribution in [0.1, 0.15) is 12.0 Å². The Morgan fingerprint density at radius 2 is 2.28 bits per heavy atom. The molecule has 1 aliphatic rings. The Hall–Kier alpha value is -1.32. The zero-order valence-corrected chi connectivity index (χ0v) is 10.6. The molecule has 1 fully saturated rings. The van der Waals surface area contributed by atoms with E-state index in [2.05, 4.69) is 40.8 Å². The van der Waals surface area contributed by atoms with Gasteiger partial charge in [0, 0.05) is 30.3 Å². The summed E-state index contributed by atoms with van der Waals surface area (Å²) in [7, 11) is 0. The van der Waals surface area contributed by atoms with Gasteiger partial charge in [0.05, 0.1) is 6.61 Å². The Morgan fingerprint density at radius 3 is 3.17 bits per heavy atom. The molecule has 0 amide bonds. The lowest BCUT2D eigenvalue weighted by Crippen LogP contribution is -2.25. The van der Waals surface area contributed by atoms with Crippen molar-refractivity contribution in [2.24, 2.45) is 5.92 Å². The highest BCUT2D eigenvalue weighted by atomic mass is 16.5. The summed E-state index contributed by atoms with van der Waals surface area (Å²) in [5.74, 6) is 0.716. The third-order valence-corrected chi connectivity index (χ3v) is 3.70. The van der Waals surface area contributed by atoms with Gasteiger partial charge in [-0.25, -0.2) is 0 Å². The molecule has 1 unspecified atom stereocenters. The van der Waals surface area contributed by atoms with Crippen LogP contribution in [0.5, 0.6) is 0 Å². The van der Waals surface area contributed by atoms with Gasteiger partial charge in [-0.3, -0.25) is 0 Å². The molecule has 1 atom stereocenters. The van der Waals surface area contributed by atoms with Crippen LogP contribution >= 0.6 is 0 Å². The Labute approximate surface area is 108 Å². The number of aromatic nitrogens is 1. The number of nitrogens with one attached hydrogen (secondary N) is 2. The first-order chi connectivity index (χ1) is 8.93. The van der Waals surface area contributed by atoms with E-state index in [0.29, 0.717) is 5.92 Å². The molecule has 0 aliphatic carbocycles.